The quantitative estimate of drug-likeness (QED) is 0.835. The lowest BCUT2D eigenvalue weighted by Crippen LogP contribution is -2.24. The average molecular weight is 362 g/mol. The fraction of sp³-hybridized carbons (Fsp3) is 0.526. The molecule has 6 heteroatoms. The third-order valence-corrected chi connectivity index (χ3v) is 6.73. The van der Waals surface area contributed by atoms with Crippen molar-refractivity contribution < 1.29 is 13.2 Å². The number of fused-ring (bicyclic) bond motifs is 1. The van der Waals surface area contributed by atoms with E-state index in [4.69, 9.17) is 4.74 Å². The van der Waals surface area contributed by atoms with E-state index in [2.05, 4.69) is 10.3 Å². The fourth-order valence-corrected chi connectivity index (χ4v) is 4.95. The first-order chi connectivity index (χ1) is 12.0. The standard InChI is InChI=1S/C19H26N2O3S/c1-3-11-25(22,23)18-13-20-17-10-9-15(24-2)12-16(17)19(18)21-14-7-5-4-6-8-14/h9-10,12-14H,3-8,11H2,1-2H3,(H,20,21). The Bertz CT molecular complexity index is 843. The van der Waals surface area contributed by atoms with Gasteiger partial charge in [-0.05, 0) is 37.5 Å². The lowest BCUT2D eigenvalue weighted by molar-refractivity contribution is 0.415. The molecular formula is C19H26N2O3S. The van der Waals surface area contributed by atoms with Crippen LogP contribution >= 0.6 is 0 Å². The van der Waals surface area contributed by atoms with Crippen molar-refractivity contribution in [1.82, 2.24) is 4.98 Å². The van der Waals surface area contributed by atoms with E-state index >= 15 is 0 Å². The molecule has 1 heterocycles. The van der Waals surface area contributed by atoms with Gasteiger partial charge < -0.3 is 10.1 Å². The van der Waals surface area contributed by atoms with Crippen molar-refractivity contribution in [3.8, 4) is 5.75 Å². The molecule has 2 aromatic rings. The molecule has 1 saturated carbocycles. The van der Waals surface area contributed by atoms with Crippen molar-refractivity contribution in [2.75, 3.05) is 18.2 Å². The van der Waals surface area contributed by atoms with Gasteiger partial charge in [-0.25, -0.2) is 8.42 Å². The molecule has 136 valence electrons. The van der Waals surface area contributed by atoms with Gasteiger partial charge in [0.15, 0.2) is 9.84 Å². The van der Waals surface area contributed by atoms with Gasteiger partial charge in [0, 0.05) is 17.6 Å². The van der Waals surface area contributed by atoms with Gasteiger partial charge in [0.1, 0.15) is 10.6 Å². The zero-order valence-corrected chi connectivity index (χ0v) is 15.7. The summed E-state index contributed by atoms with van der Waals surface area (Å²) in [5.41, 5.74) is 1.46. The molecule has 0 radical (unpaired) electrons. The summed E-state index contributed by atoms with van der Waals surface area (Å²) in [6.07, 6.45) is 7.85. The van der Waals surface area contributed by atoms with Gasteiger partial charge in [-0.2, -0.15) is 0 Å². The van der Waals surface area contributed by atoms with Gasteiger partial charge >= 0.3 is 0 Å². The maximum absolute atomic E-state index is 12.8. The van der Waals surface area contributed by atoms with Gasteiger partial charge in [0.2, 0.25) is 0 Å². The van der Waals surface area contributed by atoms with E-state index < -0.39 is 9.84 Å². The normalized spacial score (nSPS) is 16.1. The minimum Gasteiger partial charge on any atom is -0.497 e. The number of aromatic nitrogens is 1. The number of hydrogen-bond donors (Lipinski definition) is 1. The Kier molecular flexibility index (Phi) is 5.47. The highest BCUT2D eigenvalue weighted by Crippen LogP contribution is 2.34. The summed E-state index contributed by atoms with van der Waals surface area (Å²) in [5, 5.41) is 4.34. The first-order valence-corrected chi connectivity index (χ1v) is 10.7. The summed E-state index contributed by atoms with van der Waals surface area (Å²) in [7, 11) is -1.76. The minimum absolute atomic E-state index is 0.128. The van der Waals surface area contributed by atoms with Crippen LogP contribution in [-0.4, -0.2) is 32.3 Å². The number of nitrogens with one attached hydrogen (secondary N) is 1. The molecule has 0 spiro atoms. The highest BCUT2D eigenvalue weighted by atomic mass is 32.2. The number of ether oxygens (including phenoxy) is 1. The van der Waals surface area contributed by atoms with Crippen LogP contribution in [0.5, 0.6) is 5.75 Å². The number of pyridine rings is 1. The first kappa shape index (κ1) is 18.0. The maximum Gasteiger partial charge on any atom is 0.181 e. The minimum atomic E-state index is -3.37. The average Bonchev–Trinajstić information content (AvgIpc) is 2.62. The summed E-state index contributed by atoms with van der Waals surface area (Å²) in [5.74, 6) is 0.829. The number of nitrogens with zero attached hydrogens (tertiary/aromatic N) is 1. The van der Waals surface area contributed by atoms with E-state index in [0.29, 0.717) is 28.8 Å². The van der Waals surface area contributed by atoms with Gasteiger partial charge in [0.25, 0.3) is 0 Å². The van der Waals surface area contributed by atoms with Crippen molar-refractivity contribution in [1.29, 1.82) is 0 Å². The predicted octanol–water partition coefficient (Wildman–Crippen LogP) is 4.17. The molecule has 0 atom stereocenters. The molecule has 1 aromatic carbocycles. The van der Waals surface area contributed by atoms with Crippen LogP contribution in [-0.2, 0) is 9.84 Å². The van der Waals surface area contributed by atoms with Gasteiger partial charge in [-0.3, -0.25) is 4.98 Å². The van der Waals surface area contributed by atoms with Crippen molar-refractivity contribution in [3.05, 3.63) is 24.4 Å². The molecule has 1 aliphatic rings. The van der Waals surface area contributed by atoms with Crippen molar-refractivity contribution in [2.24, 2.45) is 0 Å². The Labute approximate surface area is 149 Å². The van der Waals surface area contributed by atoms with E-state index in [1.54, 1.807) is 7.11 Å². The predicted molar refractivity (Wildman–Crippen MR) is 101 cm³/mol. The molecule has 1 aliphatic carbocycles. The van der Waals surface area contributed by atoms with Crippen molar-refractivity contribution >= 4 is 26.4 Å². The third kappa shape index (κ3) is 3.89. The number of rotatable bonds is 6. The number of hydrogen-bond acceptors (Lipinski definition) is 5. The molecule has 1 N–H and O–H groups in total. The fourth-order valence-electron chi connectivity index (χ4n) is 3.49. The Morgan fingerprint density at radius 3 is 2.68 bits per heavy atom. The summed E-state index contributed by atoms with van der Waals surface area (Å²) >= 11 is 0. The van der Waals surface area contributed by atoms with Crippen LogP contribution < -0.4 is 10.1 Å². The van der Waals surface area contributed by atoms with E-state index in [1.807, 2.05) is 25.1 Å². The molecule has 0 bridgehead atoms. The number of anilines is 1. The zero-order valence-electron chi connectivity index (χ0n) is 14.9. The summed E-state index contributed by atoms with van der Waals surface area (Å²) in [4.78, 5) is 4.69. The third-order valence-electron chi connectivity index (χ3n) is 4.80. The molecular weight excluding hydrogens is 336 g/mol. The van der Waals surface area contributed by atoms with Crippen LogP contribution in [0.2, 0.25) is 0 Å². The molecule has 0 amide bonds. The second-order valence-electron chi connectivity index (χ2n) is 6.68. The van der Waals surface area contributed by atoms with E-state index in [-0.39, 0.29) is 5.75 Å². The molecule has 0 unspecified atom stereocenters. The highest BCUT2D eigenvalue weighted by Gasteiger charge is 2.23. The van der Waals surface area contributed by atoms with Crippen molar-refractivity contribution in [3.63, 3.8) is 0 Å². The summed E-state index contributed by atoms with van der Waals surface area (Å²) < 4.78 is 30.9. The summed E-state index contributed by atoms with van der Waals surface area (Å²) in [6.45, 7) is 1.88. The molecule has 5 nitrogen and oxygen atoms in total. The van der Waals surface area contributed by atoms with Crippen LogP contribution in [0.15, 0.2) is 29.3 Å². The summed E-state index contributed by atoms with van der Waals surface area (Å²) in [6, 6.07) is 5.90. The Hall–Kier alpha value is -1.82. The molecule has 3 rings (SSSR count). The monoisotopic (exact) mass is 362 g/mol. The number of sulfone groups is 1. The van der Waals surface area contributed by atoms with Gasteiger partial charge in [-0.15, -0.1) is 0 Å². The zero-order chi connectivity index (χ0) is 17.9. The number of benzene rings is 1. The maximum atomic E-state index is 12.8. The molecule has 0 aliphatic heterocycles. The van der Waals surface area contributed by atoms with Crippen LogP contribution in [0.3, 0.4) is 0 Å². The number of methoxy groups -OCH3 is 1. The van der Waals surface area contributed by atoms with Crippen LogP contribution in [0, 0.1) is 0 Å². The van der Waals surface area contributed by atoms with Gasteiger partial charge in [-0.1, -0.05) is 26.2 Å². The second kappa shape index (κ2) is 7.60. The lowest BCUT2D eigenvalue weighted by atomic mass is 9.95. The van der Waals surface area contributed by atoms with Crippen LogP contribution in [0.25, 0.3) is 10.9 Å². The second-order valence-corrected chi connectivity index (χ2v) is 8.76. The molecule has 1 fully saturated rings. The lowest BCUT2D eigenvalue weighted by Gasteiger charge is -2.26. The SMILES string of the molecule is CCCS(=O)(=O)c1cnc2ccc(OC)cc2c1NC1CCCCC1. The molecule has 1 aromatic heterocycles. The van der Waals surface area contributed by atoms with E-state index in [0.717, 1.165) is 23.7 Å². The van der Waals surface area contributed by atoms with Crippen LogP contribution in [0.4, 0.5) is 5.69 Å². The Morgan fingerprint density at radius 1 is 1.24 bits per heavy atom. The van der Waals surface area contributed by atoms with Gasteiger partial charge in [0.05, 0.1) is 24.1 Å². The Balaban J connectivity index is 2.14. The van der Waals surface area contributed by atoms with Crippen molar-refractivity contribution in [2.45, 2.75) is 56.4 Å². The first-order valence-electron chi connectivity index (χ1n) is 9.01. The highest BCUT2D eigenvalue weighted by molar-refractivity contribution is 7.91. The Morgan fingerprint density at radius 2 is 2.00 bits per heavy atom. The van der Waals surface area contributed by atoms with Crippen LogP contribution in [0.1, 0.15) is 45.4 Å². The largest absolute Gasteiger partial charge is 0.497 e. The molecule has 0 saturated heterocycles. The smallest absolute Gasteiger partial charge is 0.181 e. The van der Waals surface area contributed by atoms with E-state index in [1.165, 1.54) is 25.5 Å². The van der Waals surface area contributed by atoms with E-state index in [9.17, 15) is 8.42 Å². The topological polar surface area (TPSA) is 68.3 Å². The molecule has 25 heavy (non-hydrogen) atoms.